The van der Waals surface area contributed by atoms with Crippen molar-refractivity contribution in [2.45, 2.75) is 12.8 Å². The van der Waals surface area contributed by atoms with Gasteiger partial charge in [-0.05, 0) is 67.1 Å². The average Bonchev–Trinajstić information content (AvgIpc) is 2.94. The normalized spacial score (nSPS) is 14.7. The van der Waals surface area contributed by atoms with Crippen molar-refractivity contribution in [3.63, 3.8) is 0 Å². The van der Waals surface area contributed by atoms with Crippen molar-refractivity contribution in [1.82, 2.24) is 10.4 Å². The van der Waals surface area contributed by atoms with E-state index >= 15 is 0 Å². The number of fused-ring (bicyclic) bond motifs is 1. The van der Waals surface area contributed by atoms with Crippen molar-refractivity contribution in [2.24, 2.45) is 5.10 Å². The summed E-state index contributed by atoms with van der Waals surface area (Å²) in [5.41, 5.74) is 6.32. The Morgan fingerprint density at radius 2 is 1.76 bits per heavy atom. The smallest absolute Gasteiger partial charge is 0.271 e. The van der Waals surface area contributed by atoms with Crippen LogP contribution in [-0.2, 0) is 0 Å². The average molecular weight is 494 g/mol. The number of para-hydroxylation sites is 1. The molecule has 5 rings (SSSR count). The van der Waals surface area contributed by atoms with Crippen molar-refractivity contribution >= 4 is 17.9 Å². The summed E-state index contributed by atoms with van der Waals surface area (Å²) in [6, 6.07) is 24.9. The van der Waals surface area contributed by atoms with E-state index in [1.165, 1.54) is 12.1 Å². The van der Waals surface area contributed by atoms with Crippen molar-refractivity contribution in [2.75, 3.05) is 6.61 Å². The zero-order chi connectivity index (χ0) is 25.6. The van der Waals surface area contributed by atoms with Crippen molar-refractivity contribution in [3.05, 3.63) is 131 Å². The van der Waals surface area contributed by atoms with Crippen LogP contribution in [0.4, 0.5) is 4.39 Å². The number of ether oxygens (including phenoxy) is 2. The van der Waals surface area contributed by atoms with Crippen molar-refractivity contribution in [3.8, 4) is 11.5 Å². The number of nitrogens with one attached hydrogen (secondary N) is 1. The summed E-state index contributed by atoms with van der Waals surface area (Å²) in [5, 5.41) is 4.28. The highest BCUT2D eigenvalue weighted by Crippen LogP contribution is 2.45. The van der Waals surface area contributed by atoms with E-state index in [0.29, 0.717) is 29.3 Å². The van der Waals surface area contributed by atoms with Crippen molar-refractivity contribution < 1.29 is 18.7 Å². The Kier molecular flexibility index (Phi) is 7.03. The van der Waals surface area contributed by atoms with Gasteiger partial charge in [-0.15, -0.1) is 0 Å². The Hall–Kier alpha value is -4.78. The monoisotopic (exact) mass is 493 g/mol. The number of pyridine rings is 1. The van der Waals surface area contributed by atoms with Gasteiger partial charge in [-0.1, -0.05) is 30.3 Å². The second-order valence-electron chi connectivity index (χ2n) is 8.30. The quantitative estimate of drug-likeness (QED) is 0.254. The molecule has 7 heteroatoms. The summed E-state index contributed by atoms with van der Waals surface area (Å²) in [4.78, 5) is 16.5. The number of benzene rings is 3. The lowest BCUT2D eigenvalue weighted by atomic mass is 9.81. The van der Waals surface area contributed by atoms with E-state index in [1.54, 1.807) is 42.9 Å². The number of halogens is 1. The van der Waals surface area contributed by atoms with Crippen LogP contribution in [0, 0.1) is 5.82 Å². The number of carbonyl (C=O) groups is 1. The molecule has 2 heterocycles. The van der Waals surface area contributed by atoms with E-state index in [1.807, 2.05) is 55.5 Å². The first-order valence-electron chi connectivity index (χ1n) is 11.9. The summed E-state index contributed by atoms with van der Waals surface area (Å²) in [6.07, 6.45) is 4.68. The maximum Gasteiger partial charge on any atom is 0.271 e. The van der Waals surface area contributed by atoms with Crippen LogP contribution < -0.4 is 14.9 Å². The third-order valence-electron chi connectivity index (χ3n) is 5.96. The first-order chi connectivity index (χ1) is 18.1. The van der Waals surface area contributed by atoms with Gasteiger partial charge < -0.3 is 9.47 Å². The molecule has 1 N–H and O–H groups in total. The van der Waals surface area contributed by atoms with Crippen LogP contribution in [0.5, 0.6) is 11.5 Å². The molecule has 3 aromatic carbocycles. The van der Waals surface area contributed by atoms with Gasteiger partial charge in [0.05, 0.1) is 12.8 Å². The highest BCUT2D eigenvalue weighted by molar-refractivity contribution is 5.97. The molecule has 6 nitrogen and oxygen atoms in total. The number of allylic oxidation sites excluding steroid dienone is 1. The molecule has 0 saturated carbocycles. The fourth-order valence-corrected chi connectivity index (χ4v) is 4.25. The predicted molar refractivity (Wildman–Crippen MR) is 140 cm³/mol. The standard InChI is InChI=1S/C30H24FN3O3/c1-2-36-24-13-9-21(10-14-24)29-26(19-33-34-30(35)22-15-17-32-18-16-22)28(20-7-11-23(31)12-8-20)25-5-3-4-6-27(25)37-29/h3-19,28H,2H2,1H3,(H,34,35)/t28-/m1/s1. The lowest BCUT2D eigenvalue weighted by molar-refractivity contribution is 0.0955. The van der Waals surface area contributed by atoms with Crippen LogP contribution in [0.2, 0.25) is 0 Å². The first-order valence-corrected chi connectivity index (χ1v) is 11.9. The van der Waals surface area contributed by atoms with Crippen LogP contribution in [0.15, 0.2) is 108 Å². The minimum atomic E-state index is -0.364. The SMILES string of the molecule is CCOc1ccc(C2=C(C=NNC(=O)c3ccncc3)[C@H](c3ccc(F)cc3)c3ccccc3O2)cc1. The van der Waals surface area contributed by atoms with Crippen LogP contribution >= 0.6 is 0 Å². The van der Waals surface area contributed by atoms with Crippen LogP contribution in [0.3, 0.4) is 0 Å². The van der Waals surface area contributed by atoms with Gasteiger partial charge in [-0.25, -0.2) is 9.82 Å². The lowest BCUT2D eigenvalue weighted by Gasteiger charge is -2.30. The predicted octanol–water partition coefficient (Wildman–Crippen LogP) is 5.97. The number of nitrogens with zero attached hydrogens (tertiary/aromatic N) is 2. The van der Waals surface area contributed by atoms with Gasteiger partial charge in [0, 0.05) is 40.6 Å². The molecular weight excluding hydrogens is 469 g/mol. The fourth-order valence-electron chi connectivity index (χ4n) is 4.25. The van der Waals surface area contributed by atoms with E-state index < -0.39 is 0 Å². The molecule has 0 unspecified atom stereocenters. The van der Waals surface area contributed by atoms with E-state index in [2.05, 4.69) is 15.5 Å². The molecule has 1 aliphatic heterocycles. The van der Waals surface area contributed by atoms with E-state index in [9.17, 15) is 9.18 Å². The molecule has 0 radical (unpaired) electrons. The number of aromatic nitrogens is 1. The highest BCUT2D eigenvalue weighted by atomic mass is 19.1. The molecule has 1 amide bonds. The van der Waals surface area contributed by atoms with E-state index in [-0.39, 0.29) is 17.6 Å². The van der Waals surface area contributed by atoms with Gasteiger partial charge in [0.15, 0.2) is 0 Å². The molecule has 4 aromatic rings. The third-order valence-corrected chi connectivity index (χ3v) is 5.96. The molecule has 0 saturated heterocycles. The van der Waals surface area contributed by atoms with Crippen LogP contribution in [-0.4, -0.2) is 23.7 Å². The molecule has 0 aliphatic carbocycles. The summed E-state index contributed by atoms with van der Waals surface area (Å²) in [5.74, 6) is 1.03. The second kappa shape index (κ2) is 10.9. The lowest BCUT2D eigenvalue weighted by Crippen LogP contribution is -2.21. The molecule has 1 aliphatic rings. The minimum Gasteiger partial charge on any atom is -0.494 e. The first kappa shape index (κ1) is 23.9. The summed E-state index contributed by atoms with van der Waals surface area (Å²) in [7, 11) is 0. The van der Waals surface area contributed by atoms with Crippen LogP contribution in [0.25, 0.3) is 5.76 Å². The fraction of sp³-hybridized carbons (Fsp3) is 0.100. The number of hydrogen-bond acceptors (Lipinski definition) is 5. The molecule has 1 aromatic heterocycles. The molecular formula is C30H24FN3O3. The Bertz CT molecular complexity index is 1450. The number of carbonyl (C=O) groups excluding carboxylic acids is 1. The van der Waals surface area contributed by atoms with E-state index in [0.717, 1.165) is 22.4 Å². The molecule has 184 valence electrons. The largest absolute Gasteiger partial charge is 0.494 e. The summed E-state index contributed by atoms with van der Waals surface area (Å²) >= 11 is 0. The molecule has 37 heavy (non-hydrogen) atoms. The minimum absolute atomic E-state index is 0.311. The third kappa shape index (κ3) is 5.26. The number of rotatable bonds is 7. The van der Waals surface area contributed by atoms with Gasteiger partial charge in [0.1, 0.15) is 23.1 Å². The van der Waals surface area contributed by atoms with Gasteiger partial charge in [-0.2, -0.15) is 5.10 Å². The molecule has 0 fully saturated rings. The van der Waals surface area contributed by atoms with Gasteiger partial charge in [-0.3, -0.25) is 9.78 Å². The maximum atomic E-state index is 13.8. The Balaban J connectivity index is 1.60. The summed E-state index contributed by atoms with van der Waals surface area (Å²) in [6.45, 7) is 2.49. The Morgan fingerprint density at radius 3 is 2.49 bits per heavy atom. The highest BCUT2D eigenvalue weighted by Gasteiger charge is 2.31. The number of hydrazone groups is 1. The second-order valence-corrected chi connectivity index (χ2v) is 8.30. The molecule has 0 spiro atoms. The zero-order valence-electron chi connectivity index (χ0n) is 20.1. The molecule has 1 atom stereocenters. The Labute approximate surface area is 214 Å². The molecule has 0 bridgehead atoms. The topological polar surface area (TPSA) is 72.8 Å². The van der Waals surface area contributed by atoms with Gasteiger partial charge in [0.2, 0.25) is 0 Å². The van der Waals surface area contributed by atoms with Crippen LogP contribution in [0.1, 0.15) is 39.9 Å². The van der Waals surface area contributed by atoms with Crippen molar-refractivity contribution in [1.29, 1.82) is 0 Å². The number of hydrogen-bond donors (Lipinski definition) is 1. The zero-order valence-corrected chi connectivity index (χ0v) is 20.1. The number of amides is 1. The van der Waals surface area contributed by atoms with Gasteiger partial charge in [0.25, 0.3) is 5.91 Å². The summed E-state index contributed by atoms with van der Waals surface area (Å²) < 4.78 is 25.8. The Morgan fingerprint density at radius 1 is 1.03 bits per heavy atom. The maximum absolute atomic E-state index is 13.8. The van der Waals surface area contributed by atoms with Gasteiger partial charge >= 0.3 is 0 Å². The van der Waals surface area contributed by atoms with E-state index in [4.69, 9.17) is 9.47 Å².